The van der Waals surface area contributed by atoms with Crippen LogP contribution in [0.1, 0.15) is 18.4 Å². The Hall–Kier alpha value is -2.22. The Balaban J connectivity index is 2.09. The molecule has 0 bridgehead atoms. The molecule has 0 N–H and O–H groups in total. The maximum atomic E-state index is 12.5. The van der Waals surface area contributed by atoms with Crippen LogP contribution in [0.3, 0.4) is 0 Å². The highest BCUT2D eigenvalue weighted by Crippen LogP contribution is 2.24. The van der Waals surface area contributed by atoms with Crippen molar-refractivity contribution in [2.24, 2.45) is 4.99 Å². The number of hydrogen-bond acceptors (Lipinski definition) is 5. The van der Waals surface area contributed by atoms with Gasteiger partial charge in [0.25, 0.3) is 10.0 Å². The van der Waals surface area contributed by atoms with Crippen molar-refractivity contribution in [3.63, 3.8) is 0 Å². The molecule has 0 unspecified atom stereocenters. The van der Waals surface area contributed by atoms with Crippen molar-refractivity contribution in [3.8, 4) is 0 Å². The largest absolute Gasteiger partial charge is 0.369 e. The number of Topliss-reactive ketones (excluding diaryl/α,β-unsaturated/α-hetero) is 1. The van der Waals surface area contributed by atoms with Crippen LogP contribution in [-0.4, -0.2) is 30.8 Å². The summed E-state index contributed by atoms with van der Waals surface area (Å²) in [5.41, 5.74) is 0.932. The third-order valence-electron chi connectivity index (χ3n) is 3.65. The molecule has 0 saturated carbocycles. The van der Waals surface area contributed by atoms with E-state index in [4.69, 9.17) is 16.3 Å². The second-order valence-electron chi connectivity index (χ2n) is 5.37. The van der Waals surface area contributed by atoms with Gasteiger partial charge >= 0.3 is 0 Å². The molecule has 0 saturated heterocycles. The molecule has 0 aromatic heterocycles. The molecule has 0 atom stereocenters. The normalized spacial score (nSPS) is 13.8. The van der Waals surface area contributed by atoms with E-state index in [0.29, 0.717) is 22.7 Å². The molecule has 1 aromatic carbocycles. The zero-order chi connectivity index (χ0) is 19.2. The van der Waals surface area contributed by atoms with Gasteiger partial charge in [-0.05, 0) is 36.6 Å². The lowest BCUT2D eigenvalue weighted by molar-refractivity contribution is -0.117. The average molecular weight is 395 g/mol. The molecule has 8 heteroatoms. The number of halogens is 1. The summed E-state index contributed by atoms with van der Waals surface area (Å²) in [5.74, 6) is -0.196. The number of allylic oxidation sites excluding steroid dienone is 1. The van der Waals surface area contributed by atoms with Crippen LogP contribution >= 0.6 is 11.6 Å². The number of benzene rings is 1. The Kier molecular flexibility index (Phi) is 6.90. The van der Waals surface area contributed by atoms with Gasteiger partial charge in [-0.2, -0.15) is 0 Å². The van der Waals surface area contributed by atoms with Gasteiger partial charge in [-0.3, -0.25) is 14.1 Å². The van der Waals surface area contributed by atoms with Crippen LogP contribution in [0.15, 0.2) is 65.9 Å². The van der Waals surface area contributed by atoms with Crippen molar-refractivity contribution in [3.05, 3.63) is 66.6 Å². The van der Waals surface area contributed by atoms with Crippen LogP contribution in [0.5, 0.6) is 0 Å². The fraction of sp³-hybridized carbons (Fsp3) is 0.222. The first kappa shape index (κ1) is 20.1. The summed E-state index contributed by atoms with van der Waals surface area (Å²) in [7, 11) is -3.81. The summed E-state index contributed by atoms with van der Waals surface area (Å²) < 4.78 is 31.3. The number of sulfonamides is 1. The highest BCUT2D eigenvalue weighted by Gasteiger charge is 2.20. The summed E-state index contributed by atoms with van der Waals surface area (Å²) in [5, 5.41) is 0.345. The minimum absolute atomic E-state index is 0.000763. The summed E-state index contributed by atoms with van der Waals surface area (Å²) >= 11 is 6.11. The smallest absolute Gasteiger partial charge is 0.267 e. The van der Waals surface area contributed by atoms with Crippen LogP contribution in [-0.2, 0) is 26.2 Å². The lowest BCUT2D eigenvalue weighted by atomic mass is 10.1. The number of aliphatic imine (C=N–C) groups is 1. The van der Waals surface area contributed by atoms with E-state index in [1.165, 1.54) is 18.2 Å². The van der Waals surface area contributed by atoms with Gasteiger partial charge in [0.05, 0.1) is 17.2 Å². The second kappa shape index (κ2) is 8.93. The summed E-state index contributed by atoms with van der Waals surface area (Å²) in [4.78, 5) is 16.1. The van der Waals surface area contributed by atoms with Gasteiger partial charge in [0.2, 0.25) is 5.78 Å². The lowest BCUT2D eigenvalue weighted by Crippen LogP contribution is -2.21. The number of rotatable bonds is 9. The van der Waals surface area contributed by atoms with Crippen molar-refractivity contribution in [2.75, 3.05) is 6.61 Å². The first-order chi connectivity index (χ1) is 12.4. The van der Waals surface area contributed by atoms with Crippen molar-refractivity contribution >= 4 is 33.1 Å². The molecule has 0 spiro atoms. The standard InChI is InChI=1S/C18H19ClN2O4S/c1-3-21(4-2)26(23,24)15-8-9-16(19)14(11-15)12-25-13-18(22)17-7-5-6-10-20-17/h3-4,6,8-11H,1-2,5,7,12-13H2. The zero-order valence-electron chi connectivity index (χ0n) is 14.1. The maximum Gasteiger partial charge on any atom is 0.267 e. The molecule has 0 aliphatic carbocycles. The van der Waals surface area contributed by atoms with Crippen molar-refractivity contribution < 1.29 is 17.9 Å². The maximum absolute atomic E-state index is 12.5. The van der Waals surface area contributed by atoms with Gasteiger partial charge in [0, 0.05) is 23.6 Å². The molecule has 0 fully saturated rings. The molecule has 1 aromatic rings. The van der Waals surface area contributed by atoms with E-state index in [2.05, 4.69) is 18.2 Å². The van der Waals surface area contributed by atoms with Crippen LogP contribution in [0.2, 0.25) is 5.02 Å². The Labute approximate surface area is 158 Å². The highest BCUT2D eigenvalue weighted by molar-refractivity contribution is 7.89. The molecule has 26 heavy (non-hydrogen) atoms. The summed E-state index contributed by atoms with van der Waals surface area (Å²) in [6, 6.07) is 4.26. The van der Waals surface area contributed by atoms with Crippen LogP contribution in [0, 0.1) is 0 Å². The minimum Gasteiger partial charge on any atom is -0.369 e. The number of carbonyl (C=O) groups excluding carboxylic acids is 1. The van der Waals surface area contributed by atoms with Gasteiger partial charge < -0.3 is 4.74 Å². The van der Waals surface area contributed by atoms with Gasteiger partial charge in [-0.1, -0.05) is 30.8 Å². The molecule has 1 heterocycles. The molecular weight excluding hydrogens is 376 g/mol. The number of nitrogens with zero attached hydrogens (tertiary/aromatic N) is 2. The van der Waals surface area contributed by atoms with Gasteiger partial charge in [-0.15, -0.1) is 0 Å². The first-order valence-corrected chi connectivity index (χ1v) is 9.61. The monoisotopic (exact) mass is 394 g/mol. The Bertz CT molecular complexity index is 867. The van der Waals surface area contributed by atoms with Crippen molar-refractivity contribution in [1.29, 1.82) is 0 Å². The lowest BCUT2D eigenvalue weighted by Gasteiger charge is -2.16. The van der Waals surface area contributed by atoms with Crippen LogP contribution in [0.25, 0.3) is 0 Å². The molecule has 1 aliphatic rings. The summed E-state index contributed by atoms with van der Waals surface area (Å²) in [6.45, 7) is 6.75. The highest BCUT2D eigenvalue weighted by atomic mass is 35.5. The number of carbonyl (C=O) groups is 1. The van der Waals surface area contributed by atoms with Crippen LogP contribution in [0.4, 0.5) is 0 Å². The van der Waals surface area contributed by atoms with E-state index < -0.39 is 10.0 Å². The second-order valence-corrected chi connectivity index (χ2v) is 7.62. The molecule has 138 valence electrons. The molecule has 2 rings (SSSR count). The third kappa shape index (κ3) is 4.69. The molecular formula is C18H19ClN2O4S. The van der Waals surface area contributed by atoms with Crippen molar-refractivity contribution in [1.82, 2.24) is 4.31 Å². The summed E-state index contributed by atoms with van der Waals surface area (Å²) in [6.07, 6.45) is 7.15. The first-order valence-electron chi connectivity index (χ1n) is 7.80. The Morgan fingerprint density at radius 3 is 2.69 bits per heavy atom. The number of ether oxygens (including phenoxy) is 1. The van der Waals surface area contributed by atoms with Gasteiger partial charge in [0.15, 0.2) is 0 Å². The molecule has 0 radical (unpaired) electrons. The predicted octanol–water partition coefficient (Wildman–Crippen LogP) is 3.45. The Morgan fingerprint density at radius 2 is 2.08 bits per heavy atom. The van der Waals surface area contributed by atoms with E-state index in [-0.39, 0.29) is 23.9 Å². The fourth-order valence-corrected chi connectivity index (χ4v) is 3.60. The van der Waals surface area contributed by atoms with E-state index in [1.807, 2.05) is 6.08 Å². The SMILES string of the molecule is C=CN(C=C)S(=O)(=O)c1ccc(Cl)c(COCC(=O)C2=NC=CCC2)c1. The predicted molar refractivity (Wildman–Crippen MR) is 101 cm³/mol. The van der Waals surface area contributed by atoms with Gasteiger partial charge in [0.1, 0.15) is 6.61 Å². The Morgan fingerprint density at radius 1 is 1.35 bits per heavy atom. The van der Waals surface area contributed by atoms with E-state index in [1.54, 1.807) is 6.20 Å². The topological polar surface area (TPSA) is 76.0 Å². The average Bonchev–Trinajstić information content (AvgIpc) is 2.64. The van der Waals surface area contributed by atoms with E-state index >= 15 is 0 Å². The van der Waals surface area contributed by atoms with Crippen molar-refractivity contribution in [2.45, 2.75) is 24.3 Å². The molecule has 0 amide bonds. The van der Waals surface area contributed by atoms with E-state index in [9.17, 15) is 13.2 Å². The zero-order valence-corrected chi connectivity index (χ0v) is 15.7. The number of hydrogen-bond donors (Lipinski definition) is 0. The van der Waals surface area contributed by atoms with Crippen LogP contribution < -0.4 is 0 Å². The van der Waals surface area contributed by atoms with Gasteiger partial charge in [-0.25, -0.2) is 8.42 Å². The van der Waals surface area contributed by atoms with E-state index in [0.717, 1.165) is 23.1 Å². The molecule has 1 aliphatic heterocycles. The third-order valence-corrected chi connectivity index (χ3v) is 5.72. The minimum atomic E-state index is -3.81. The number of ketones is 1. The fourth-order valence-electron chi connectivity index (χ4n) is 2.26. The quantitative estimate of drug-likeness (QED) is 0.642. The molecule has 6 nitrogen and oxygen atoms in total.